The van der Waals surface area contributed by atoms with Gasteiger partial charge in [0.05, 0.1) is 11.7 Å². The van der Waals surface area contributed by atoms with Crippen molar-refractivity contribution in [2.45, 2.75) is 19.4 Å². The molecule has 2 aromatic carbocycles. The molecule has 0 bridgehead atoms. The third-order valence-electron chi connectivity index (χ3n) is 5.36. The van der Waals surface area contributed by atoms with Gasteiger partial charge in [-0.15, -0.1) is 0 Å². The topological polar surface area (TPSA) is 98.9 Å². The molecule has 34 heavy (non-hydrogen) atoms. The van der Waals surface area contributed by atoms with Crippen molar-refractivity contribution in [2.75, 3.05) is 6.54 Å². The van der Waals surface area contributed by atoms with Crippen LogP contribution >= 0.6 is 11.6 Å². The van der Waals surface area contributed by atoms with Crippen LogP contribution in [0.1, 0.15) is 34.7 Å². The Hall–Kier alpha value is -4.04. The standard InChI is InChI=1S/C25H22ClN5O3/c1-17(18-7-3-2-4-8-18)30-24(33)22(23(32)28-16-14-20-9-5-6-15-27-20)29-31(25(30)34)21-12-10-19(26)11-13-21/h2-13,15,17H,14,16H2,1H3,(H,28,32)/t17-/m0/s1. The third kappa shape index (κ3) is 4.97. The molecule has 0 saturated carbocycles. The number of hydrogen-bond acceptors (Lipinski definition) is 5. The summed E-state index contributed by atoms with van der Waals surface area (Å²) in [5.41, 5.74) is 0.133. The van der Waals surface area contributed by atoms with E-state index < -0.39 is 23.2 Å². The minimum Gasteiger partial charge on any atom is -0.350 e. The first-order chi connectivity index (χ1) is 16.5. The van der Waals surface area contributed by atoms with Gasteiger partial charge in [0.15, 0.2) is 0 Å². The highest BCUT2D eigenvalue weighted by molar-refractivity contribution is 6.30. The molecule has 1 amide bonds. The molecule has 2 heterocycles. The Morgan fingerprint density at radius 1 is 1.00 bits per heavy atom. The number of nitrogens with one attached hydrogen (secondary N) is 1. The smallest absolute Gasteiger partial charge is 0.350 e. The number of nitrogens with zero attached hydrogens (tertiary/aromatic N) is 4. The van der Waals surface area contributed by atoms with Gasteiger partial charge in [-0.05, 0) is 48.9 Å². The van der Waals surface area contributed by atoms with Gasteiger partial charge in [0.25, 0.3) is 11.5 Å². The summed E-state index contributed by atoms with van der Waals surface area (Å²) in [6.07, 6.45) is 2.16. The first-order valence-electron chi connectivity index (χ1n) is 10.7. The molecule has 1 atom stereocenters. The van der Waals surface area contributed by atoms with Crippen LogP contribution < -0.4 is 16.6 Å². The number of pyridine rings is 1. The average Bonchev–Trinajstić information content (AvgIpc) is 2.86. The lowest BCUT2D eigenvalue weighted by molar-refractivity contribution is 0.0944. The molecule has 0 aliphatic rings. The Labute approximate surface area is 200 Å². The predicted octanol–water partition coefficient (Wildman–Crippen LogP) is 3.02. The molecule has 0 unspecified atom stereocenters. The highest BCUT2D eigenvalue weighted by Crippen LogP contribution is 2.15. The summed E-state index contributed by atoms with van der Waals surface area (Å²) in [7, 11) is 0. The van der Waals surface area contributed by atoms with Crippen LogP contribution in [0.15, 0.2) is 88.6 Å². The minimum absolute atomic E-state index is 0.255. The Morgan fingerprint density at radius 2 is 1.71 bits per heavy atom. The van der Waals surface area contributed by atoms with Crippen molar-refractivity contribution in [3.8, 4) is 5.69 Å². The normalized spacial score (nSPS) is 11.7. The molecule has 1 N–H and O–H groups in total. The Kier molecular flexibility index (Phi) is 6.98. The highest BCUT2D eigenvalue weighted by atomic mass is 35.5. The van der Waals surface area contributed by atoms with E-state index in [0.717, 1.165) is 20.5 Å². The van der Waals surface area contributed by atoms with E-state index in [1.165, 1.54) is 0 Å². The maximum Gasteiger partial charge on any atom is 0.352 e. The number of carbonyl (C=O) groups is 1. The molecule has 2 aromatic heterocycles. The molecule has 0 aliphatic carbocycles. The number of amides is 1. The number of rotatable bonds is 7. The van der Waals surface area contributed by atoms with Crippen molar-refractivity contribution in [1.29, 1.82) is 0 Å². The van der Waals surface area contributed by atoms with Crippen molar-refractivity contribution < 1.29 is 4.79 Å². The summed E-state index contributed by atoms with van der Waals surface area (Å²) in [5.74, 6) is -0.669. The third-order valence-corrected chi connectivity index (χ3v) is 5.61. The summed E-state index contributed by atoms with van der Waals surface area (Å²) in [6.45, 7) is 1.98. The summed E-state index contributed by atoms with van der Waals surface area (Å²) in [4.78, 5) is 43.9. The first kappa shape index (κ1) is 23.1. The number of aromatic nitrogens is 4. The fourth-order valence-corrected chi connectivity index (χ4v) is 3.66. The number of hydrogen-bond donors (Lipinski definition) is 1. The second-order valence-electron chi connectivity index (χ2n) is 7.61. The van der Waals surface area contributed by atoms with E-state index in [4.69, 9.17) is 11.6 Å². The number of carbonyl (C=O) groups excluding carboxylic acids is 1. The lowest BCUT2D eigenvalue weighted by Gasteiger charge is -2.17. The first-order valence-corrected chi connectivity index (χ1v) is 11.1. The zero-order valence-electron chi connectivity index (χ0n) is 18.4. The molecule has 4 aromatic rings. The highest BCUT2D eigenvalue weighted by Gasteiger charge is 2.23. The van der Waals surface area contributed by atoms with E-state index in [1.54, 1.807) is 37.4 Å². The molecule has 0 radical (unpaired) electrons. The van der Waals surface area contributed by atoms with Crippen LogP contribution in [0.5, 0.6) is 0 Å². The van der Waals surface area contributed by atoms with E-state index in [1.807, 2.05) is 48.5 Å². The summed E-state index contributed by atoms with van der Waals surface area (Å²) in [5, 5.41) is 7.33. The van der Waals surface area contributed by atoms with Crippen LogP contribution in [0.3, 0.4) is 0 Å². The van der Waals surface area contributed by atoms with Crippen LogP contribution in [-0.4, -0.2) is 31.8 Å². The van der Waals surface area contributed by atoms with Crippen LogP contribution in [0, 0.1) is 0 Å². The summed E-state index contributed by atoms with van der Waals surface area (Å²) < 4.78 is 2.09. The van der Waals surface area contributed by atoms with Gasteiger partial charge >= 0.3 is 5.69 Å². The van der Waals surface area contributed by atoms with Crippen LogP contribution in [-0.2, 0) is 6.42 Å². The van der Waals surface area contributed by atoms with Gasteiger partial charge < -0.3 is 5.32 Å². The number of halogens is 1. The number of benzene rings is 2. The zero-order valence-corrected chi connectivity index (χ0v) is 19.1. The Morgan fingerprint density at radius 3 is 2.38 bits per heavy atom. The van der Waals surface area contributed by atoms with Crippen LogP contribution in [0.25, 0.3) is 5.69 Å². The van der Waals surface area contributed by atoms with Crippen molar-refractivity contribution in [3.05, 3.63) is 122 Å². The summed E-state index contributed by atoms with van der Waals surface area (Å²) in [6, 6.07) is 20.4. The van der Waals surface area contributed by atoms with E-state index in [9.17, 15) is 14.4 Å². The monoisotopic (exact) mass is 475 g/mol. The molecular formula is C25H22ClN5O3. The second kappa shape index (κ2) is 10.3. The molecular weight excluding hydrogens is 454 g/mol. The average molecular weight is 476 g/mol. The largest absolute Gasteiger partial charge is 0.352 e. The van der Waals surface area contributed by atoms with E-state index >= 15 is 0 Å². The Balaban J connectivity index is 1.75. The molecule has 172 valence electrons. The quantitative estimate of drug-likeness (QED) is 0.443. The van der Waals surface area contributed by atoms with E-state index in [0.29, 0.717) is 17.1 Å². The maximum absolute atomic E-state index is 13.4. The van der Waals surface area contributed by atoms with E-state index in [2.05, 4.69) is 15.4 Å². The second-order valence-corrected chi connectivity index (χ2v) is 8.04. The SMILES string of the molecule is C[C@@H](c1ccccc1)n1c(=O)c(C(=O)NCCc2ccccn2)nn(-c2ccc(Cl)cc2)c1=O. The van der Waals surface area contributed by atoms with Gasteiger partial charge in [-0.2, -0.15) is 9.78 Å². The Bertz CT molecular complexity index is 1400. The lowest BCUT2D eigenvalue weighted by atomic mass is 10.1. The van der Waals surface area contributed by atoms with Crippen molar-refractivity contribution in [3.63, 3.8) is 0 Å². The van der Waals surface area contributed by atoms with Gasteiger partial charge in [-0.3, -0.25) is 14.6 Å². The predicted molar refractivity (Wildman–Crippen MR) is 130 cm³/mol. The van der Waals surface area contributed by atoms with Gasteiger partial charge in [0.1, 0.15) is 0 Å². The molecule has 4 rings (SSSR count). The molecule has 0 aliphatic heterocycles. The van der Waals surface area contributed by atoms with Gasteiger partial charge in [-0.1, -0.05) is 48.0 Å². The molecule has 0 fully saturated rings. The fourth-order valence-electron chi connectivity index (χ4n) is 3.54. The molecule has 0 spiro atoms. The van der Waals surface area contributed by atoms with Crippen molar-refractivity contribution >= 4 is 17.5 Å². The van der Waals surface area contributed by atoms with E-state index in [-0.39, 0.29) is 12.2 Å². The summed E-state index contributed by atoms with van der Waals surface area (Å²) >= 11 is 5.98. The van der Waals surface area contributed by atoms with Gasteiger partial charge in [0, 0.05) is 29.9 Å². The zero-order chi connectivity index (χ0) is 24.1. The lowest BCUT2D eigenvalue weighted by Crippen LogP contribution is -2.47. The minimum atomic E-state index is -0.762. The van der Waals surface area contributed by atoms with Crippen LogP contribution in [0.2, 0.25) is 5.02 Å². The van der Waals surface area contributed by atoms with Gasteiger partial charge in [0.2, 0.25) is 5.69 Å². The molecule has 9 heteroatoms. The van der Waals surface area contributed by atoms with Gasteiger partial charge in [-0.25, -0.2) is 9.36 Å². The molecule has 8 nitrogen and oxygen atoms in total. The molecule has 0 saturated heterocycles. The maximum atomic E-state index is 13.4. The van der Waals surface area contributed by atoms with Crippen molar-refractivity contribution in [2.24, 2.45) is 0 Å². The fraction of sp³-hybridized carbons (Fsp3) is 0.160. The van der Waals surface area contributed by atoms with Crippen LogP contribution in [0.4, 0.5) is 0 Å². The van der Waals surface area contributed by atoms with Crippen molar-refractivity contribution in [1.82, 2.24) is 24.6 Å².